The van der Waals surface area contributed by atoms with Gasteiger partial charge in [0.2, 0.25) is 6.33 Å². The highest BCUT2D eigenvalue weighted by molar-refractivity contribution is 7.86. The van der Waals surface area contributed by atoms with E-state index in [0.29, 0.717) is 0 Å². The number of aryl methyl sites for hydroxylation is 1. The third kappa shape index (κ3) is 5.65. The minimum atomic E-state index is -6.09. The number of halogens is 3. The van der Waals surface area contributed by atoms with Crippen LogP contribution in [0.2, 0.25) is 0 Å². The molecule has 0 bridgehead atoms. The molecular weight excluding hydrogens is 265 g/mol. The van der Waals surface area contributed by atoms with E-state index in [1.165, 1.54) is 0 Å². The number of rotatable bonds is 1. The molecule has 100 valence electrons. The molecule has 1 aromatic rings. The zero-order valence-corrected chi connectivity index (χ0v) is 9.73. The number of hydrogen-bond donors (Lipinski definition) is 1. The lowest BCUT2D eigenvalue weighted by atomic mass is 10.6. The van der Waals surface area contributed by atoms with Crippen molar-refractivity contribution in [1.29, 1.82) is 0 Å². The van der Waals surface area contributed by atoms with Crippen molar-refractivity contribution in [3.05, 3.63) is 18.7 Å². The van der Waals surface area contributed by atoms with Gasteiger partial charge in [0.15, 0.2) is 16.3 Å². The second-order valence-electron chi connectivity index (χ2n) is 3.06. The number of hydrogen-bond acceptors (Lipinski definition) is 4. The van der Waals surface area contributed by atoms with E-state index < -0.39 is 21.9 Å². The number of nitrogens with zero attached hydrogens (tertiary/aromatic N) is 2. The lowest BCUT2D eigenvalue weighted by Gasteiger charge is -2.08. The summed E-state index contributed by atoms with van der Waals surface area (Å²) in [6.07, 6.45) is 5.10. The number of aromatic nitrogens is 2. The molecule has 0 saturated carbocycles. The minimum absolute atomic E-state index is 0.425. The third-order valence-corrected chi connectivity index (χ3v) is 2.07. The first-order chi connectivity index (χ1) is 7.45. The largest absolute Gasteiger partial charge is 0.741 e. The van der Waals surface area contributed by atoms with Gasteiger partial charge >= 0.3 is 5.51 Å². The topological polar surface area (TPSA) is 86.2 Å². The van der Waals surface area contributed by atoms with Gasteiger partial charge in [0, 0.05) is 6.92 Å². The van der Waals surface area contributed by atoms with E-state index in [4.69, 9.17) is 18.1 Å². The molecular formula is C7H11F3N2O4S. The second-order valence-corrected chi connectivity index (χ2v) is 4.43. The van der Waals surface area contributed by atoms with Crippen LogP contribution in [-0.2, 0) is 17.2 Å². The summed E-state index contributed by atoms with van der Waals surface area (Å²) in [5.74, 6) is 0. The Morgan fingerprint density at radius 3 is 2.00 bits per heavy atom. The van der Waals surface area contributed by atoms with Crippen molar-refractivity contribution >= 4 is 10.1 Å². The summed E-state index contributed by atoms with van der Waals surface area (Å²) in [4.78, 5) is 0. The molecule has 1 N–H and O–H groups in total. The van der Waals surface area contributed by atoms with Crippen LogP contribution in [0.4, 0.5) is 13.2 Å². The van der Waals surface area contributed by atoms with E-state index >= 15 is 0 Å². The molecule has 1 unspecified atom stereocenters. The fourth-order valence-electron chi connectivity index (χ4n) is 0.690. The lowest BCUT2D eigenvalue weighted by molar-refractivity contribution is -0.671. The molecule has 0 fully saturated rings. The van der Waals surface area contributed by atoms with Crippen LogP contribution < -0.4 is 4.57 Å². The second kappa shape index (κ2) is 5.47. The highest BCUT2D eigenvalue weighted by Crippen LogP contribution is 2.20. The average molecular weight is 276 g/mol. The molecule has 0 aliphatic rings. The molecule has 1 rings (SSSR count). The van der Waals surface area contributed by atoms with Crippen LogP contribution in [0.3, 0.4) is 0 Å². The molecule has 17 heavy (non-hydrogen) atoms. The molecule has 0 aliphatic heterocycles. The Balaban J connectivity index is 0.000000304. The summed E-state index contributed by atoms with van der Waals surface area (Å²) in [6, 6.07) is 0. The summed E-state index contributed by atoms with van der Waals surface area (Å²) < 4.78 is 62.5. The van der Waals surface area contributed by atoms with E-state index in [1.54, 1.807) is 11.5 Å². The highest BCUT2D eigenvalue weighted by atomic mass is 32.2. The molecule has 0 saturated heterocycles. The van der Waals surface area contributed by atoms with E-state index in [9.17, 15) is 13.2 Å². The SMILES string of the molecule is CC(O)n1cc[n+](C)c1.O=S(=O)([O-])C(F)(F)F. The standard InChI is InChI=1S/C6H11N2O.CHF3O3S/c1-6(9)8-4-3-7(2)5-8;2-1(3,4)8(5,6)7/h3-6,9H,1-2H3;(H,5,6,7)/q+1;/p-1. The fraction of sp³-hybridized carbons (Fsp3) is 0.571. The first kappa shape index (κ1) is 15.9. The monoisotopic (exact) mass is 276 g/mol. The van der Waals surface area contributed by atoms with Crippen molar-refractivity contribution in [2.45, 2.75) is 18.7 Å². The van der Waals surface area contributed by atoms with E-state index in [-0.39, 0.29) is 0 Å². The van der Waals surface area contributed by atoms with Crippen molar-refractivity contribution in [2.24, 2.45) is 7.05 Å². The Kier molecular flexibility index (Phi) is 5.11. The summed E-state index contributed by atoms with van der Waals surface area (Å²) in [7, 11) is -4.17. The smallest absolute Gasteiger partial charge is 0.485 e. The molecule has 10 heteroatoms. The van der Waals surface area contributed by atoms with Gasteiger partial charge in [0.1, 0.15) is 12.4 Å². The maximum atomic E-state index is 10.7. The van der Waals surface area contributed by atoms with E-state index in [0.717, 1.165) is 0 Å². The first-order valence-electron chi connectivity index (χ1n) is 4.18. The Morgan fingerprint density at radius 1 is 1.47 bits per heavy atom. The first-order valence-corrected chi connectivity index (χ1v) is 5.59. The molecule has 0 radical (unpaired) electrons. The summed E-state index contributed by atoms with van der Waals surface area (Å²) in [5, 5.41) is 8.99. The zero-order chi connectivity index (χ0) is 13.9. The Hall–Kier alpha value is -1.13. The van der Waals surface area contributed by atoms with Crippen LogP contribution in [0.5, 0.6) is 0 Å². The lowest BCUT2D eigenvalue weighted by Crippen LogP contribution is -2.24. The van der Waals surface area contributed by atoms with Gasteiger partial charge in [0.05, 0.1) is 7.05 Å². The van der Waals surface area contributed by atoms with E-state index in [2.05, 4.69) is 0 Å². The molecule has 0 aliphatic carbocycles. The van der Waals surface area contributed by atoms with Crippen molar-refractivity contribution in [1.82, 2.24) is 4.57 Å². The van der Waals surface area contributed by atoms with Gasteiger partial charge < -0.3 is 9.66 Å². The van der Waals surface area contributed by atoms with Gasteiger partial charge in [-0.2, -0.15) is 13.2 Å². The Bertz CT molecular complexity index is 452. The molecule has 0 spiro atoms. The van der Waals surface area contributed by atoms with Crippen LogP contribution in [0.15, 0.2) is 18.7 Å². The number of alkyl halides is 3. The molecule has 0 aromatic carbocycles. The normalized spacial score (nSPS) is 13.8. The van der Waals surface area contributed by atoms with Crippen molar-refractivity contribution < 1.29 is 35.8 Å². The maximum Gasteiger partial charge on any atom is 0.485 e. The van der Waals surface area contributed by atoms with E-state index in [1.807, 2.05) is 30.3 Å². The summed E-state index contributed by atoms with van der Waals surface area (Å²) >= 11 is 0. The minimum Gasteiger partial charge on any atom is -0.741 e. The predicted molar refractivity (Wildman–Crippen MR) is 48.3 cm³/mol. The highest BCUT2D eigenvalue weighted by Gasteiger charge is 2.36. The average Bonchev–Trinajstić information content (AvgIpc) is 2.49. The molecule has 1 heterocycles. The molecule has 1 atom stereocenters. The summed E-state index contributed by atoms with van der Waals surface area (Å²) in [5.41, 5.74) is -5.65. The predicted octanol–water partition coefficient (Wildman–Crippen LogP) is -0.125. The molecule has 6 nitrogen and oxygen atoms in total. The number of aliphatic hydroxyl groups excluding tert-OH is 1. The quantitative estimate of drug-likeness (QED) is 0.440. The van der Waals surface area contributed by atoms with Crippen LogP contribution in [0.25, 0.3) is 0 Å². The van der Waals surface area contributed by atoms with Crippen LogP contribution >= 0.6 is 0 Å². The Morgan fingerprint density at radius 2 is 1.88 bits per heavy atom. The number of aliphatic hydroxyl groups is 1. The fourth-order valence-corrected chi connectivity index (χ4v) is 0.690. The van der Waals surface area contributed by atoms with Gasteiger partial charge in [-0.15, -0.1) is 0 Å². The van der Waals surface area contributed by atoms with Gasteiger partial charge in [-0.1, -0.05) is 0 Å². The zero-order valence-electron chi connectivity index (χ0n) is 8.92. The third-order valence-electron chi connectivity index (χ3n) is 1.50. The summed E-state index contributed by atoms with van der Waals surface area (Å²) in [6.45, 7) is 1.72. The van der Waals surface area contributed by atoms with Crippen molar-refractivity contribution in [2.75, 3.05) is 0 Å². The van der Waals surface area contributed by atoms with Crippen LogP contribution in [0, 0.1) is 0 Å². The van der Waals surface area contributed by atoms with Crippen LogP contribution in [0.1, 0.15) is 13.2 Å². The Labute approximate surface area is 95.7 Å². The van der Waals surface area contributed by atoms with Gasteiger partial charge in [-0.05, 0) is 0 Å². The molecule has 0 amide bonds. The van der Waals surface area contributed by atoms with Gasteiger partial charge in [0.25, 0.3) is 0 Å². The maximum absolute atomic E-state index is 10.7. The van der Waals surface area contributed by atoms with Crippen molar-refractivity contribution in [3.8, 4) is 0 Å². The van der Waals surface area contributed by atoms with Crippen molar-refractivity contribution in [3.63, 3.8) is 0 Å². The van der Waals surface area contributed by atoms with Crippen LogP contribution in [-0.4, -0.2) is 28.2 Å². The number of imidazole rings is 1. The van der Waals surface area contributed by atoms with Gasteiger partial charge in [-0.25, -0.2) is 17.6 Å². The molecule has 1 aromatic heterocycles. The van der Waals surface area contributed by atoms with Gasteiger partial charge in [-0.3, -0.25) is 0 Å².